The molecule has 1 fully saturated rings. The van der Waals surface area contributed by atoms with Crippen molar-refractivity contribution in [2.45, 2.75) is 51.1 Å². The summed E-state index contributed by atoms with van der Waals surface area (Å²) in [5.41, 5.74) is 0. The number of amides is 3. The lowest BCUT2D eigenvalue weighted by Crippen LogP contribution is -2.47. The highest BCUT2D eigenvalue weighted by Gasteiger charge is 2.19. The molecule has 5 nitrogen and oxygen atoms in total. The maximum absolute atomic E-state index is 12.0. The van der Waals surface area contributed by atoms with Crippen molar-refractivity contribution in [3.63, 3.8) is 0 Å². The lowest BCUT2D eigenvalue weighted by Gasteiger charge is -2.24. The number of rotatable bonds is 5. The fraction of sp³-hybridized carbons (Fsp3) is 0.625. The Balaban J connectivity index is 1.73. The van der Waals surface area contributed by atoms with E-state index in [1.54, 1.807) is 11.3 Å². The molecule has 1 heterocycles. The maximum Gasteiger partial charge on any atom is 0.321 e. The molecule has 1 aliphatic carbocycles. The minimum absolute atomic E-state index is 0.159. The second-order valence-electron chi connectivity index (χ2n) is 5.96. The summed E-state index contributed by atoms with van der Waals surface area (Å²) in [6.45, 7) is 2.26. The third kappa shape index (κ3) is 5.10. The van der Waals surface area contributed by atoms with Crippen LogP contribution >= 0.6 is 11.3 Å². The van der Waals surface area contributed by atoms with Gasteiger partial charge in [0.1, 0.15) is 0 Å². The molecule has 1 aromatic heterocycles. The molecule has 3 amide bonds. The number of likely N-dealkylation sites (N-methyl/N-ethyl adjacent to an activating group) is 1. The van der Waals surface area contributed by atoms with Crippen molar-refractivity contribution in [3.05, 3.63) is 22.4 Å². The van der Waals surface area contributed by atoms with Crippen LogP contribution in [0.3, 0.4) is 0 Å². The van der Waals surface area contributed by atoms with E-state index in [0.29, 0.717) is 0 Å². The quantitative estimate of drug-likeness (QED) is 0.876. The fourth-order valence-corrected chi connectivity index (χ4v) is 3.59. The van der Waals surface area contributed by atoms with Gasteiger partial charge in [-0.15, -0.1) is 11.3 Å². The molecule has 0 saturated heterocycles. The number of carbonyl (C=O) groups is 2. The third-order valence-electron chi connectivity index (χ3n) is 4.20. The molecule has 1 aromatic rings. The molecule has 0 aromatic carbocycles. The molecule has 1 atom stereocenters. The molecule has 2 rings (SSSR count). The van der Waals surface area contributed by atoms with Crippen LogP contribution in [-0.4, -0.2) is 36.5 Å². The Kier molecular flexibility index (Phi) is 6.39. The van der Waals surface area contributed by atoms with Crippen molar-refractivity contribution in [2.75, 3.05) is 13.6 Å². The average Bonchev–Trinajstić information content (AvgIpc) is 3.01. The van der Waals surface area contributed by atoms with E-state index in [2.05, 4.69) is 23.6 Å². The van der Waals surface area contributed by atoms with Gasteiger partial charge in [0.05, 0.1) is 6.54 Å². The number of hydrogen-bond donors (Lipinski definition) is 2. The standard InChI is InChI=1S/C16H25N3O2S/c1-12(14-9-6-10-22-14)19(2)11-15(20)18-16(21)17-13-7-4-3-5-8-13/h6,9-10,12-13H,3-5,7-8,11H2,1-2H3,(H2,17,18,20,21)/t12-/m0/s1. The Morgan fingerprint density at radius 2 is 2.09 bits per heavy atom. The third-order valence-corrected chi connectivity index (χ3v) is 5.25. The van der Waals surface area contributed by atoms with Crippen LogP contribution in [0.4, 0.5) is 4.79 Å². The smallest absolute Gasteiger partial charge is 0.321 e. The van der Waals surface area contributed by atoms with E-state index in [-0.39, 0.29) is 30.6 Å². The molecule has 122 valence electrons. The summed E-state index contributed by atoms with van der Waals surface area (Å²) in [7, 11) is 1.89. The van der Waals surface area contributed by atoms with Crippen molar-refractivity contribution in [1.82, 2.24) is 15.5 Å². The van der Waals surface area contributed by atoms with Gasteiger partial charge in [-0.3, -0.25) is 15.0 Å². The minimum Gasteiger partial charge on any atom is -0.335 e. The number of nitrogens with zero attached hydrogens (tertiary/aromatic N) is 1. The van der Waals surface area contributed by atoms with Crippen molar-refractivity contribution in [2.24, 2.45) is 0 Å². The van der Waals surface area contributed by atoms with E-state index in [9.17, 15) is 9.59 Å². The van der Waals surface area contributed by atoms with Crippen molar-refractivity contribution < 1.29 is 9.59 Å². The number of nitrogens with one attached hydrogen (secondary N) is 2. The fourth-order valence-electron chi connectivity index (χ4n) is 2.74. The Morgan fingerprint density at radius 3 is 2.73 bits per heavy atom. The second kappa shape index (κ2) is 8.29. The van der Waals surface area contributed by atoms with Gasteiger partial charge >= 0.3 is 6.03 Å². The molecule has 1 saturated carbocycles. The maximum atomic E-state index is 12.0. The van der Waals surface area contributed by atoms with Crippen LogP contribution < -0.4 is 10.6 Å². The summed E-state index contributed by atoms with van der Waals surface area (Å²) in [5, 5.41) is 7.35. The molecule has 0 spiro atoms. The lowest BCUT2D eigenvalue weighted by molar-refractivity contribution is -0.121. The van der Waals surface area contributed by atoms with Crippen molar-refractivity contribution in [3.8, 4) is 0 Å². The van der Waals surface area contributed by atoms with Crippen LogP contribution in [0.2, 0.25) is 0 Å². The Labute approximate surface area is 136 Å². The number of hydrogen-bond acceptors (Lipinski definition) is 4. The first-order chi connectivity index (χ1) is 10.6. The van der Waals surface area contributed by atoms with Crippen LogP contribution in [0.15, 0.2) is 17.5 Å². The monoisotopic (exact) mass is 323 g/mol. The molecule has 6 heteroatoms. The van der Waals surface area contributed by atoms with Gasteiger partial charge in [0.25, 0.3) is 0 Å². The molecule has 2 N–H and O–H groups in total. The van der Waals surface area contributed by atoms with Gasteiger partial charge < -0.3 is 5.32 Å². The molecule has 0 aliphatic heterocycles. The first-order valence-corrected chi connectivity index (χ1v) is 8.78. The van der Waals surface area contributed by atoms with Gasteiger partial charge in [0.15, 0.2) is 0 Å². The van der Waals surface area contributed by atoms with Crippen LogP contribution in [0.5, 0.6) is 0 Å². The largest absolute Gasteiger partial charge is 0.335 e. The van der Waals surface area contributed by atoms with Crippen molar-refractivity contribution in [1.29, 1.82) is 0 Å². The zero-order valence-electron chi connectivity index (χ0n) is 13.3. The SMILES string of the molecule is C[C@@H](c1cccs1)N(C)CC(=O)NC(=O)NC1CCCCC1. The first kappa shape index (κ1) is 17.0. The Hall–Kier alpha value is -1.40. The highest BCUT2D eigenvalue weighted by atomic mass is 32.1. The molecular formula is C16H25N3O2S. The summed E-state index contributed by atoms with van der Waals surface area (Å²) < 4.78 is 0. The van der Waals surface area contributed by atoms with E-state index in [1.165, 1.54) is 11.3 Å². The van der Waals surface area contributed by atoms with E-state index in [0.717, 1.165) is 25.7 Å². The van der Waals surface area contributed by atoms with Crippen molar-refractivity contribution >= 4 is 23.3 Å². The Bertz CT molecular complexity index is 484. The van der Waals surface area contributed by atoms with Crippen LogP contribution in [-0.2, 0) is 4.79 Å². The molecule has 0 unspecified atom stereocenters. The van der Waals surface area contributed by atoms with E-state index in [1.807, 2.05) is 23.4 Å². The van der Waals surface area contributed by atoms with Crippen LogP contribution in [0.25, 0.3) is 0 Å². The van der Waals surface area contributed by atoms with Gasteiger partial charge in [-0.25, -0.2) is 4.79 Å². The second-order valence-corrected chi connectivity index (χ2v) is 6.94. The molecule has 0 bridgehead atoms. The topological polar surface area (TPSA) is 61.4 Å². The van der Waals surface area contributed by atoms with E-state index >= 15 is 0 Å². The molecule has 22 heavy (non-hydrogen) atoms. The van der Waals surface area contributed by atoms with Gasteiger partial charge in [-0.1, -0.05) is 25.3 Å². The van der Waals surface area contributed by atoms with Gasteiger partial charge in [0.2, 0.25) is 5.91 Å². The average molecular weight is 323 g/mol. The number of imide groups is 1. The predicted octanol–water partition coefficient (Wildman–Crippen LogP) is 2.90. The molecule has 0 radical (unpaired) electrons. The van der Waals surface area contributed by atoms with Gasteiger partial charge in [-0.2, -0.15) is 0 Å². The zero-order valence-corrected chi connectivity index (χ0v) is 14.1. The lowest BCUT2D eigenvalue weighted by atomic mass is 9.96. The van der Waals surface area contributed by atoms with Gasteiger partial charge in [-0.05, 0) is 38.3 Å². The highest BCUT2D eigenvalue weighted by Crippen LogP contribution is 2.22. The summed E-state index contributed by atoms with van der Waals surface area (Å²) in [6.07, 6.45) is 5.57. The molecular weight excluding hydrogens is 298 g/mol. The number of thiophene rings is 1. The number of carbonyl (C=O) groups excluding carboxylic acids is 2. The molecule has 1 aliphatic rings. The summed E-state index contributed by atoms with van der Waals surface area (Å²) in [5.74, 6) is -0.265. The highest BCUT2D eigenvalue weighted by molar-refractivity contribution is 7.10. The normalized spacial score (nSPS) is 17.2. The van der Waals surface area contributed by atoms with Gasteiger partial charge in [0, 0.05) is 17.0 Å². The number of urea groups is 1. The van der Waals surface area contributed by atoms with Crippen LogP contribution in [0.1, 0.15) is 49.9 Å². The van der Waals surface area contributed by atoms with Crippen LogP contribution in [0, 0.1) is 0 Å². The predicted molar refractivity (Wildman–Crippen MR) is 88.9 cm³/mol. The van der Waals surface area contributed by atoms with E-state index < -0.39 is 0 Å². The zero-order chi connectivity index (χ0) is 15.9. The Morgan fingerprint density at radius 1 is 1.36 bits per heavy atom. The minimum atomic E-state index is -0.367. The first-order valence-electron chi connectivity index (χ1n) is 7.90. The summed E-state index contributed by atoms with van der Waals surface area (Å²) in [6, 6.07) is 4.06. The summed E-state index contributed by atoms with van der Waals surface area (Å²) >= 11 is 1.67. The van der Waals surface area contributed by atoms with E-state index in [4.69, 9.17) is 0 Å². The summed E-state index contributed by atoms with van der Waals surface area (Å²) in [4.78, 5) is 27.0.